The Labute approximate surface area is 193 Å². The number of aromatic nitrogens is 3. The molecule has 7 heteroatoms. The van der Waals surface area contributed by atoms with Gasteiger partial charge in [0.2, 0.25) is 5.91 Å². The minimum Gasteiger partial charge on any atom is -0.308 e. The molecule has 1 fully saturated rings. The summed E-state index contributed by atoms with van der Waals surface area (Å²) >= 11 is 1.50. The largest absolute Gasteiger partial charge is 0.308 e. The summed E-state index contributed by atoms with van der Waals surface area (Å²) in [7, 11) is 0. The van der Waals surface area contributed by atoms with Crippen molar-refractivity contribution in [1.82, 2.24) is 19.7 Å². The number of thioether (sulfide) groups is 1. The van der Waals surface area contributed by atoms with E-state index in [9.17, 15) is 4.79 Å². The van der Waals surface area contributed by atoms with Crippen LogP contribution in [0.25, 0.3) is 5.69 Å². The van der Waals surface area contributed by atoms with E-state index >= 15 is 0 Å². The molecule has 1 amide bonds. The van der Waals surface area contributed by atoms with Gasteiger partial charge in [0.15, 0.2) is 11.0 Å². The van der Waals surface area contributed by atoms with Crippen LogP contribution in [0.2, 0.25) is 0 Å². The smallest absolute Gasteiger partial charge is 0.240 e. The average Bonchev–Trinajstić information content (AvgIpc) is 3.53. The first-order chi connectivity index (χ1) is 15.6. The molecule has 1 saturated heterocycles. The van der Waals surface area contributed by atoms with Crippen molar-refractivity contribution in [3.8, 4) is 5.69 Å². The number of rotatable bonds is 6. The summed E-state index contributed by atoms with van der Waals surface area (Å²) in [5.74, 6) is 1.05. The molecule has 2 aliphatic rings. The summed E-state index contributed by atoms with van der Waals surface area (Å²) in [6.07, 6.45) is 3.38. The van der Waals surface area contributed by atoms with Crippen molar-refractivity contribution in [2.24, 2.45) is 0 Å². The lowest BCUT2D eigenvalue weighted by atomic mass is 10.1. The number of hydrogen-bond donors (Lipinski definition) is 0. The van der Waals surface area contributed by atoms with E-state index in [1.54, 1.807) is 0 Å². The van der Waals surface area contributed by atoms with Crippen LogP contribution in [0, 0.1) is 0 Å². The summed E-state index contributed by atoms with van der Waals surface area (Å²) in [5, 5.41) is 9.57. The third-order valence-corrected chi connectivity index (χ3v) is 7.38. The number of hydrogen-bond acceptors (Lipinski definition) is 5. The van der Waals surface area contributed by atoms with Crippen molar-refractivity contribution < 1.29 is 4.79 Å². The number of carbonyl (C=O) groups excluding carboxylic acids is 1. The second-order valence-electron chi connectivity index (χ2n) is 8.70. The first-order valence-electron chi connectivity index (χ1n) is 11.4. The number of carbonyl (C=O) groups is 1. The van der Waals surface area contributed by atoms with Crippen LogP contribution >= 0.6 is 11.8 Å². The van der Waals surface area contributed by atoms with Gasteiger partial charge in [0.1, 0.15) is 0 Å². The van der Waals surface area contributed by atoms with Crippen LogP contribution in [-0.2, 0) is 17.8 Å². The van der Waals surface area contributed by atoms with Gasteiger partial charge in [-0.2, -0.15) is 0 Å². The van der Waals surface area contributed by atoms with Gasteiger partial charge >= 0.3 is 0 Å². The predicted molar refractivity (Wildman–Crippen MR) is 128 cm³/mol. The Bertz CT molecular complexity index is 1090. The first kappa shape index (κ1) is 21.2. The number of fused-ring (bicyclic) bond motifs is 1. The molecule has 0 N–H and O–H groups in total. The quantitative estimate of drug-likeness (QED) is 0.527. The van der Waals surface area contributed by atoms with Gasteiger partial charge in [-0.25, -0.2) is 0 Å². The maximum Gasteiger partial charge on any atom is 0.240 e. The van der Waals surface area contributed by atoms with Crippen molar-refractivity contribution in [2.75, 3.05) is 18.0 Å². The SMILES string of the molecule is CC(Sc1nnc(CN2CCCC2)n1-c1ccccc1)C(=O)N1c2ccccc2CC1C. The second-order valence-corrected chi connectivity index (χ2v) is 10.0. The molecule has 166 valence electrons. The van der Waals surface area contributed by atoms with Crippen LogP contribution in [0.4, 0.5) is 5.69 Å². The van der Waals surface area contributed by atoms with Gasteiger partial charge in [-0.15, -0.1) is 10.2 Å². The summed E-state index contributed by atoms with van der Waals surface area (Å²) in [6, 6.07) is 18.6. The van der Waals surface area contributed by atoms with E-state index in [0.717, 1.165) is 48.4 Å². The fraction of sp³-hybridized carbons (Fsp3) is 0.400. The van der Waals surface area contributed by atoms with Crippen molar-refractivity contribution in [2.45, 2.75) is 56.1 Å². The number of nitrogens with zero attached hydrogens (tertiary/aromatic N) is 5. The van der Waals surface area contributed by atoms with Crippen LogP contribution < -0.4 is 4.90 Å². The van der Waals surface area contributed by atoms with Crippen molar-refractivity contribution >= 4 is 23.4 Å². The van der Waals surface area contributed by atoms with Gasteiger partial charge in [-0.1, -0.05) is 48.2 Å². The van der Waals surface area contributed by atoms with Crippen LogP contribution in [0.1, 0.15) is 38.1 Å². The van der Waals surface area contributed by atoms with E-state index in [0.29, 0.717) is 0 Å². The number of benzene rings is 2. The summed E-state index contributed by atoms with van der Waals surface area (Å²) in [5.41, 5.74) is 3.32. The molecule has 0 radical (unpaired) electrons. The van der Waals surface area contributed by atoms with Crippen LogP contribution in [0.15, 0.2) is 59.8 Å². The molecule has 0 spiro atoms. The van der Waals surface area contributed by atoms with Gasteiger partial charge in [0, 0.05) is 17.4 Å². The molecule has 32 heavy (non-hydrogen) atoms. The molecule has 3 heterocycles. The highest BCUT2D eigenvalue weighted by Crippen LogP contribution is 2.35. The molecule has 0 bridgehead atoms. The topological polar surface area (TPSA) is 54.3 Å². The molecule has 0 saturated carbocycles. The van der Waals surface area contributed by atoms with Gasteiger partial charge < -0.3 is 4.90 Å². The number of amides is 1. The number of likely N-dealkylation sites (tertiary alicyclic amines) is 1. The highest BCUT2D eigenvalue weighted by atomic mass is 32.2. The lowest BCUT2D eigenvalue weighted by Crippen LogP contribution is -2.40. The molecular weight excluding hydrogens is 418 g/mol. The Kier molecular flexibility index (Phi) is 6.02. The van der Waals surface area contributed by atoms with Gasteiger partial charge in [-0.05, 0) is 70.0 Å². The Hall–Kier alpha value is -2.64. The molecule has 2 aliphatic heterocycles. The Morgan fingerprint density at radius 3 is 2.56 bits per heavy atom. The van der Waals surface area contributed by atoms with E-state index in [4.69, 9.17) is 0 Å². The minimum atomic E-state index is -0.269. The highest BCUT2D eigenvalue weighted by molar-refractivity contribution is 8.00. The Morgan fingerprint density at radius 1 is 1.06 bits per heavy atom. The summed E-state index contributed by atoms with van der Waals surface area (Å²) < 4.78 is 2.12. The Morgan fingerprint density at radius 2 is 1.78 bits per heavy atom. The third kappa shape index (κ3) is 4.07. The van der Waals surface area contributed by atoms with Crippen molar-refractivity contribution in [3.63, 3.8) is 0 Å². The molecule has 5 rings (SSSR count). The van der Waals surface area contributed by atoms with Crippen molar-refractivity contribution in [1.29, 1.82) is 0 Å². The molecule has 2 atom stereocenters. The maximum absolute atomic E-state index is 13.5. The lowest BCUT2D eigenvalue weighted by Gasteiger charge is -2.25. The molecule has 2 aromatic carbocycles. The first-order valence-corrected chi connectivity index (χ1v) is 12.3. The molecule has 6 nitrogen and oxygen atoms in total. The van der Waals surface area contributed by atoms with E-state index in [1.807, 2.05) is 42.2 Å². The zero-order valence-electron chi connectivity index (χ0n) is 18.6. The molecule has 1 aromatic heterocycles. The minimum absolute atomic E-state index is 0.121. The van der Waals surface area contributed by atoms with Gasteiger partial charge in [0.05, 0.1) is 11.8 Å². The lowest BCUT2D eigenvalue weighted by molar-refractivity contribution is -0.118. The van der Waals surface area contributed by atoms with E-state index < -0.39 is 0 Å². The van der Waals surface area contributed by atoms with Crippen LogP contribution in [0.5, 0.6) is 0 Å². The zero-order chi connectivity index (χ0) is 22.1. The predicted octanol–water partition coefficient (Wildman–Crippen LogP) is 4.32. The van der Waals surface area contributed by atoms with Crippen molar-refractivity contribution in [3.05, 3.63) is 66.0 Å². The monoisotopic (exact) mass is 447 g/mol. The third-order valence-electron chi connectivity index (χ3n) is 6.35. The fourth-order valence-corrected chi connectivity index (χ4v) is 5.70. The van der Waals surface area contributed by atoms with Crippen LogP contribution in [-0.4, -0.2) is 50.0 Å². The van der Waals surface area contributed by atoms with Gasteiger partial charge in [0.25, 0.3) is 0 Å². The molecule has 0 aliphatic carbocycles. The number of anilines is 1. The molecule has 2 unspecified atom stereocenters. The van der Waals surface area contributed by atoms with Gasteiger partial charge in [-0.3, -0.25) is 14.3 Å². The maximum atomic E-state index is 13.5. The van der Waals surface area contributed by atoms with E-state index in [-0.39, 0.29) is 17.2 Å². The normalized spacial score (nSPS) is 19.3. The van der Waals surface area contributed by atoms with E-state index in [2.05, 4.69) is 50.9 Å². The average molecular weight is 448 g/mol. The fourth-order valence-electron chi connectivity index (χ4n) is 4.76. The molecule has 3 aromatic rings. The number of para-hydroxylation sites is 2. The van der Waals surface area contributed by atoms with E-state index in [1.165, 1.54) is 30.2 Å². The standard InChI is InChI=1S/C25H29N5OS/c1-18-16-20-10-6-7-13-22(20)29(18)24(31)19(2)32-25-27-26-23(17-28-14-8-9-15-28)30(25)21-11-4-3-5-12-21/h3-7,10-13,18-19H,8-9,14-17H2,1-2H3. The summed E-state index contributed by atoms with van der Waals surface area (Å²) in [4.78, 5) is 17.9. The molecular formula is C25H29N5OS. The zero-order valence-corrected chi connectivity index (χ0v) is 19.5. The van der Waals surface area contributed by atoms with Crippen LogP contribution in [0.3, 0.4) is 0 Å². The Balaban J connectivity index is 1.41. The second kappa shape index (κ2) is 9.08. The summed E-state index contributed by atoms with van der Waals surface area (Å²) in [6.45, 7) is 7.08. The highest BCUT2D eigenvalue weighted by Gasteiger charge is 2.34.